The van der Waals surface area contributed by atoms with Crippen molar-refractivity contribution >= 4 is 52.2 Å². The van der Waals surface area contributed by atoms with Crippen LogP contribution in [0.2, 0.25) is 5.02 Å². The van der Waals surface area contributed by atoms with Crippen molar-refractivity contribution in [1.29, 1.82) is 0 Å². The number of carbonyl (C=O) groups is 3. The number of nitrogens with one attached hydrogen (secondary N) is 1. The first-order valence-electron chi connectivity index (χ1n) is 11.9. The quantitative estimate of drug-likeness (QED) is 0.433. The fourth-order valence-electron chi connectivity index (χ4n) is 4.86. The van der Waals surface area contributed by atoms with E-state index in [4.69, 9.17) is 11.6 Å². The fourth-order valence-corrected chi connectivity index (χ4v) is 5.62. The molecule has 2 aliphatic rings. The summed E-state index contributed by atoms with van der Waals surface area (Å²) in [5.74, 6) is -4.96. The number of alkyl halides is 2. The maximum absolute atomic E-state index is 14.4. The Labute approximate surface area is 225 Å². The Kier molecular flexibility index (Phi) is 7.15. The minimum atomic E-state index is -2.88. The van der Waals surface area contributed by atoms with Gasteiger partial charge in [-0.1, -0.05) is 35.9 Å². The van der Waals surface area contributed by atoms with Crippen LogP contribution in [0.25, 0.3) is 0 Å². The van der Waals surface area contributed by atoms with Gasteiger partial charge in [-0.15, -0.1) is 11.3 Å². The van der Waals surface area contributed by atoms with Gasteiger partial charge in [0.1, 0.15) is 23.7 Å². The largest absolute Gasteiger partial charge is 0.351 e. The molecule has 0 bridgehead atoms. The van der Waals surface area contributed by atoms with Gasteiger partial charge in [0.15, 0.2) is 0 Å². The average Bonchev–Trinajstić information content (AvgIpc) is 3.51. The lowest BCUT2D eigenvalue weighted by Crippen LogP contribution is -2.56. The standard InChI is InChI=1S/C26H22ClF3N4O3S/c27-19-7-2-1-6-18(19)23(24(36)32-16-11-26(29,30)12-16)33(17-5-3-4-15(28)10-17)25(37)20-8-9-22(35)34(20)21-13-38-14-31-21/h1-7,10,13-14,16,20,23H,8-9,11-12H2,(H,32,36)/t20?,23-/m0/s1. The summed E-state index contributed by atoms with van der Waals surface area (Å²) in [5.41, 5.74) is 1.80. The highest BCUT2D eigenvalue weighted by Gasteiger charge is 2.48. The van der Waals surface area contributed by atoms with E-state index in [1.807, 2.05) is 0 Å². The third-order valence-electron chi connectivity index (χ3n) is 6.63. The summed E-state index contributed by atoms with van der Waals surface area (Å²) in [6.07, 6.45) is -0.842. The maximum atomic E-state index is 14.4. The van der Waals surface area contributed by atoms with Crippen LogP contribution in [0.15, 0.2) is 59.4 Å². The van der Waals surface area contributed by atoms with E-state index in [9.17, 15) is 27.6 Å². The first kappa shape index (κ1) is 26.2. The predicted octanol–water partition coefficient (Wildman–Crippen LogP) is 5.12. The van der Waals surface area contributed by atoms with Crippen LogP contribution >= 0.6 is 22.9 Å². The van der Waals surface area contributed by atoms with Crippen molar-refractivity contribution in [1.82, 2.24) is 10.3 Å². The van der Waals surface area contributed by atoms with Crippen molar-refractivity contribution < 1.29 is 27.6 Å². The number of benzene rings is 2. The van der Waals surface area contributed by atoms with E-state index in [0.717, 1.165) is 11.0 Å². The van der Waals surface area contributed by atoms with Gasteiger partial charge >= 0.3 is 0 Å². The van der Waals surface area contributed by atoms with Gasteiger partial charge in [-0.2, -0.15) is 0 Å². The minimum absolute atomic E-state index is 0.0478. The molecule has 12 heteroatoms. The summed E-state index contributed by atoms with van der Waals surface area (Å²) in [5, 5.41) is 4.38. The molecule has 0 spiro atoms. The molecular formula is C26H22ClF3N4O3S. The molecule has 2 heterocycles. The lowest BCUT2D eigenvalue weighted by Gasteiger charge is -2.39. The molecule has 3 amide bonds. The third-order valence-corrected chi connectivity index (χ3v) is 7.55. The number of nitrogens with zero attached hydrogens (tertiary/aromatic N) is 3. The maximum Gasteiger partial charge on any atom is 0.252 e. The second-order valence-corrected chi connectivity index (χ2v) is 10.4. The van der Waals surface area contributed by atoms with Crippen LogP contribution in [0, 0.1) is 5.82 Å². The van der Waals surface area contributed by atoms with E-state index in [1.54, 1.807) is 23.6 Å². The summed E-state index contributed by atoms with van der Waals surface area (Å²) < 4.78 is 41.5. The van der Waals surface area contributed by atoms with Crippen LogP contribution in [0.1, 0.15) is 37.3 Å². The number of hydrogen-bond donors (Lipinski definition) is 1. The summed E-state index contributed by atoms with van der Waals surface area (Å²) in [6, 6.07) is 8.20. The highest BCUT2D eigenvalue weighted by Crippen LogP contribution is 2.39. The summed E-state index contributed by atoms with van der Waals surface area (Å²) in [6.45, 7) is 0. The number of amides is 3. The van der Waals surface area contributed by atoms with E-state index in [1.165, 1.54) is 46.0 Å². The summed E-state index contributed by atoms with van der Waals surface area (Å²) in [7, 11) is 0. The molecule has 2 aromatic carbocycles. The second-order valence-electron chi connectivity index (χ2n) is 9.25. The molecule has 5 rings (SSSR count). The highest BCUT2D eigenvalue weighted by atomic mass is 35.5. The van der Waals surface area contributed by atoms with Crippen molar-refractivity contribution in [3.63, 3.8) is 0 Å². The van der Waals surface area contributed by atoms with Crippen LogP contribution in [0.3, 0.4) is 0 Å². The van der Waals surface area contributed by atoms with Gasteiger partial charge in [0.25, 0.3) is 11.8 Å². The molecular weight excluding hydrogens is 541 g/mol. The predicted molar refractivity (Wildman–Crippen MR) is 137 cm³/mol. The average molecular weight is 563 g/mol. The molecule has 1 aliphatic carbocycles. The van der Waals surface area contributed by atoms with Crippen LogP contribution in [-0.2, 0) is 14.4 Å². The van der Waals surface area contributed by atoms with Gasteiger partial charge in [0, 0.05) is 47.0 Å². The normalized spacial score (nSPS) is 19.6. The molecule has 3 aromatic rings. The third kappa shape index (κ3) is 5.12. The Morgan fingerprint density at radius 1 is 1.18 bits per heavy atom. The number of rotatable bonds is 7. The number of anilines is 2. The molecule has 0 radical (unpaired) electrons. The van der Waals surface area contributed by atoms with Gasteiger partial charge in [-0.3, -0.25) is 24.2 Å². The smallest absolute Gasteiger partial charge is 0.252 e. The zero-order chi connectivity index (χ0) is 27.0. The number of hydrogen-bond acceptors (Lipinski definition) is 5. The van der Waals surface area contributed by atoms with Gasteiger partial charge in [-0.05, 0) is 30.7 Å². The van der Waals surface area contributed by atoms with Gasteiger partial charge < -0.3 is 5.32 Å². The van der Waals surface area contributed by atoms with Gasteiger partial charge in [0.2, 0.25) is 11.8 Å². The Morgan fingerprint density at radius 3 is 2.61 bits per heavy atom. The SMILES string of the molecule is O=C(NC1CC(F)(F)C1)[C@H](c1ccccc1Cl)N(C(=O)C1CCC(=O)N1c1cscn1)c1cccc(F)c1. The fraction of sp³-hybridized carbons (Fsp3) is 0.308. The molecule has 2 fully saturated rings. The zero-order valence-electron chi connectivity index (χ0n) is 19.8. The summed E-state index contributed by atoms with van der Waals surface area (Å²) >= 11 is 7.72. The van der Waals surface area contributed by atoms with Crippen LogP contribution in [0.5, 0.6) is 0 Å². The van der Waals surface area contributed by atoms with Crippen molar-refractivity contribution in [2.45, 2.75) is 49.7 Å². The van der Waals surface area contributed by atoms with E-state index in [-0.39, 0.29) is 35.0 Å². The van der Waals surface area contributed by atoms with Crippen molar-refractivity contribution in [2.24, 2.45) is 0 Å². The second kappa shape index (κ2) is 10.4. The summed E-state index contributed by atoms with van der Waals surface area (Å²) in [4.78, 5) is 47.3. The molecule has 1 aliphatic heterocycles. The minimum Gasteiger partial charge on any atom is -0.351 e. The molecule has 1 saturated carbocycles. The molecule has 198 valence electrons. The monoisotopic (exact) mass is 562 g/mol. The van der Waals surface area contributed by atoms with Crippen molar-refractivity contribution in [3.05, 3.63) is 75.8 Å². The molecule has 1 unspecified atom stereocenters. The number of aromatic nitrogens is 1. The molecule has 2 atom stereocenters. The van der Waals surface area contributed by atoms with Crippen LogP contribution in [-0.4, -0.2) is 40.7 Å². The highest BCUT2D eigenvalue weighted by molar-refractivity contribution is 7.07. The first-order valence-corrected chi connectivity index (χ1v) is 13.2. The van der Waals surface area contributed by atoms with Gasteiger partial charge in [0.05, 0.1) is 5.51 Å². The van der Waals surface area contributed by atoms with E-state index in [0.29, 0.717) is 5.82 Å². The Bertz CT molecular complexity index is 1370. The lowest BCUT2D eigenvalue weighted by molar-refractivity contribution is -0.133. The molecule has 7 nitrogen and oxygen atoms in total. The Hall–Kier alpha value is -3.44. The number of carbonyl (C=O) groups excluding carboxylic acids is 3. The number of thiazole rings is 1. The van der Waals surface area contributed by atoms with Gasteiger partial charge in [-0.25, -0.2) is 18.2 Å². The number of halogens is 4. The molecule has 1 saturated heterocycles. The zero-order valence-corrected chi connectivity index (χ0v) is 21.4. The Morgan fingerprint density at radius 2 is 1.95 bits per heavy atom. The topological polar surface area (TPSA) is 82.6 Å². The van der Waals surface area contributed by atoms with E-state index < -0.39 is 54.5 Å². The van der Waals surface area contributed by atoms with Crippen LogP contribution in [0.4, 0.5) is 24.7 Å². The van der Waals surface area contributed by atoms with E-state index in [2.05, 4.69) is 10.3 Å². The van der Waals surface area contributed by atoms with Crippen molar-refractivity contribution in [3.8, 4) is 0 Å². The van der Waals surface area contributed by atoms with Crippen LogP contribution < -0.4 is 15.1 Å². The van der Waals surface area contributed by atoms with E-state index >= 15 is 0 Å². The first-order chi connectivity index (χ1) is 18.1. The molecule has 1 N–H and O–H groups in total. The lowest BCUT2D eigenvalue weighted by atomic mass is 9.87. The van der Waals surface area contributed by atoms with Crippen molar-refractivity contribution in [2.75, 3.05) is 9.80 Å². The molecule has 38 heavy (non-hydrogen) atoms. The molecule has 1 aromatic heterocycles. The Balaban J connectivity index is 1.59.